The Balaban J connectivity index is 2.12. The first-order valence-electron chi connectivity index (χ1n) is 4.08. The molecule has 0 bridgehead atoms. The monoisotopic (exact) mass is 155 g/mol. The van der Waals surface area contributed by atoms with Gasteiger partial charge >= 0.3 is 0 Å². The van der Waals surface area contributed by atoms with Gasteiger partial charge < -0.3 is 15.2 Å². The molecule has 0 spiro atoms. The number of aliphatic hydroxyl groups is 1. The van der Waals surface area contributed by atoms with Crippen LogP contribution in [0.2, 0.25) is 0 Å². The number of β-amino-alcohol motifs (C(OH)–C–C–N with tert-alkyl or cyclic N) is 1. The summed E-state index contributed by atoms with van der Waals surface area (Å²) in [4.78, 5) is 0. The molecular weight excluding hydrogens is 142 g/mol. The topological polar surface area (TPSA) is 41.5 Å². The maximum atomic E-state index is 9.94. The summed E-state index contributed by atoms with van der Waals surface area (Å²) in [7, 11) is 0. The third-order valence-electron chi connectivity index (χ3n) is 2.30. The summed E-state index contributed by atoms with van der Waals surface area (Å²) < 4.78 is 5.31. The van der Waals surface area contributed by atoms with Gasteiger partial charge in [0.2, 0.25) is 0 Å². The lowest BCUT2D eigenvalue weighted by atomic mass is 10.0. The summed E-state index contributed by atoms with van der Waals surface area (Å²) in [6.07, 6.45) is 3.71. The van der Waals surface area contributed by atoms with Crippen molar-refractivity contribution in [2.45, 2.75) is 18.4 Å². The Hall–Kier alpha value is -0.540. The van der Waals surface area contributed by atoms with E-state index in [1.807, 2.05) is 6.08 Å². The molecule has 2 N–H and O–H groups in total. The molecule has 3 nitrogen and oxygen atoms in total. The largest absolute Gasteiger partial charge is 0.495 e. The van der Waals surface area contributed by atoms with Crippen molar-refractivity contribution in [3.05, 3.63) is 11.8 Å². The van der Waals surface area contributed by atoms with Crippen molar-refractivity contribution in [3.8, 4) is 0 Å². The summed E-state index contributed by atoms with van der Waals surface area (Å²) in [6.45, 7) is 2.26. The Kier molecular flexibility index (Phi) is 1.62. The van der Waals surface area contributed by atoms with Crippen molar-refractivity contribution < 1.29 is 9.84 Å². The van der Waals surface area contributed by atoms with E-state index in [-0.39, 0.29) is 0 Å². The van der Waals surface area contributed by atoms with E-state index in [9.17, 15) is 5.11 Å². The standard InChI is InChI=1S/C8H13NO2/c10-8(3-4-9-6-8)7-2-1-5-11-7/h2,9-10H,1,3-6H2. The molecule has 0 radical (unpaired) electrons. The molecule has 0 aromatic heterocycles. The van der Waals surface area contributed by atoms with Crippen LogP contribution in [-0.4, -0.2) is 30.4 Å². The van der Waals surface area contributed by atoms with Gasteiger partial charge in [-0.25, -0.2) is 0 Å². The molecule has 62 valence electrons. The fourth-order valence-electron chi connectivity index (χ4n) is 1.63. The zero-order valence-corrected chi connectivity index (χ0v) is 6.47. The number of hydrogen-bond donors (Lipinski definition) is 2. The number of hydrogen-bond acceptors (Lipinski definition) is 3. The van der Waals surface area contributed by atoms with Gasteiger partial charge in [-0.15, -0.1) is 0 Å². The lowest BCUT2D eigenvalue weighted by Crippen LogP contribution is -2.33. The van der Waals surface area contributed by atoms with E-state index in [1.54, 1.807) is 0 Å². The summed E-state index contributed by atoms with van der Waals surface area (Å²) in [5, 5.41) is 13.1. The molecular formula is C8H13NO2. The third-order valence-corrected chi connectivity index (χ3v) is 2.30. The van der Waals surface area contributed by atoms with Gasteiger partial charge in [-0.1, -0.05) is 0 Å². The fourth-order valence-corrected chi connectivity index (χ4v) is 1.63. The van der Waals surface area contributed by atoms with Gasteiger partial charge in [-0.3, -0.25) is 0 Å². The molecule has 2 aliphatic heterocycles. The molecule has 1 fully saturated rings. The molecule has 2 aliphatic rings. The molecule has 11 heavy (non-hydrogen) atoms. The van der Waals surface area contributed by atoms with Gasteiger partial charge in [0.15, 0.2) is 0 Å². The summed E-state index contributed by atoms with van der Waals surface area (Å²) in [5.74, 6) is 0.780. The predicted molar refractivity (Wildman–Crippen MR) is 41.1 cm³/mol. The minimum absolute atomic E-state index is 0.638. The Morgan fingerprint density at radius 1 is 1.64 bits per heavy atom. The van der Waals surface area contributed by atoms with E-state index >= 15 is 0 Å². The highest BCUT2D eigenvalue weighted by Crippen LogP contribution is 2.28. The quantitative estimate of drug-likeness (QED) is 0.560. The summed E-state index contributed by atoms with van der Waals surface area (Å²) >= 11 is 0. The third kappa shape index (κ3) is 1.14. The molecule has 0 amide bonds. The fraction of sp³-hybridized carbons (Fsp3) is 0.750. The van der Waals surface area contributed by atoms with Crippen LogP contribution >= 0.6 is 0 Å². The minimum Gasteiger partial charge on any atom is -0.495 e. The van der Waals surface area contributed by atoms with Crippen molar-refractivity contribution in [2.24, 2.45) is 0 Å². The second-order valence-corrected chi connectivity index (χ2v) is 3.16. The van der Waals surface area contributed by atoms with Crippen molar-refractivity contribution in [3.63, 3.8) is 0 Å². The number of ether oxygens (including phenoxy) is 1. The molecule has 0 aromatic carbocycles. The highest BCUT2D eigenvalue weighted by molar-refractivity contribution is 5.16. The highest BCUT2D eigenvalue weighted by atomic mass is 16.5. The van der Waals surface area contributed by atoms with Gasteiger partial charge in [0.1, 0.15) is 11.4 Å². The Morgan fingerprint density at radius 2 is 2.55 bits per heavy atom. The maximum absolute atomic E-state index is 9.94. The van der Waals surface area contributed by atoms with Crippen molar-refractivity contribution in [1.82, 2.24) is 5.32 Å². The van der Waals surface area contributed by atoms with E-state index in [4.69, 9.17) is 4.74 Å². The Labute approximate surface area is 66.1 Å². The minimum atomic E-state index is -0.698. The normalized spacial score (nSPS) is 37.0. The second-order valence-electron chi connectivity index (χ2n) is 3.16. The van der Waals surface area contributed by atoms with E-state index in [0.29, 0.717) is 6.54 Å². The molecule has 1 saturated heterocycles. The maximum Gasteiger partial charge on any atom is 0.135 e. The van der Waals surface area contributed by atoms with Crippen LogP contribution < -0.4 is 5.32 Å². The van der Waals surface area contributed by atoms with E-state index in [0.717, 1.165) is 31.8 Å². The zero-order valence-electron chi connectivity index (χ0n) is 6.47. The second kappa shape index (κ2) is 2.50. The SMILES string of the molecule is OC1(C2=CCCO2)CCNC1. The van der Waals surface area contributed by atoms with Crippen LogP contribution in [0.4, 0.5) is 0 Å². The lowest BCUT2D eigenvalue weighted by Gasteiger charge is -2.21. The Morgan fingerprint density at radius 3 is 3.09 bits per heavy atom. The van der Waals surface area contributed by atoms with Crippen LogP contribution in [0.1, 0.15) is 12.8 Å². The van der Waals surface area contributed by atoms with E-state index in [2.05, 4.69) is 5.32 Å². The van der Waals surface area contributed by atoms with E-state index < -0.39 is 5.60 Å². The summed E-state index contributed by atoms with van der Waals surface area (Å²) in [6, 6.07) is 0. The van der Waals surface area contributed by atoms with Crippen LogP contribution in [0.5, 0.6) is 0 Å². The average Bonchev–Trinajstić information content (AvgIpc) is 2.55. The van der Waals surface area contributed by atoms with Crippen LogP contribution in [-0.2, 0) is 4.74 Å². The van der Waals surface area contributed by atoms with Crippen molar-refractivity contribution >= 4 is 0 Å². The van der Waals surface area contributed by atoms with Gasteiger partial charge in [0.05, 0.1) is 6.61 Å². The predicted octanol–water partition coefficient (Wildman–Crippen LogP) is 0.0150. The molecule has 0 saturated carbocycles. The first-order chi connectivity index (χ1) is 5.31. The molecule has 0 aromatic rings. The number of nitrogens with one attached hydrogen (secondary N) is 1. The van der Waals surface area contributed by atoms with Gasteiger partial charge in [0, 0.05) is 13.0 Å². The summed E-state index contributed by atoms with van der Waals surface area (Å²) in [5.41, 5.74) is -0.698. The number of rotatable bonds is 1. The first-order valence-corrected chi connectivity index (χ1v) is 4.08. The molecule has 2 rings (SSSR count). The smallest absolute Gasteiger partial charge is 0.135 e. The molecule has 1 unspecified atom stereocenters. The van der Waals surface area contributed by atoms with Crippen LogP contribution in [0.3, 0.4) is 0 Å². The van der Waals surface area contributed by atoms with Crippen LogP contribution in [0.25, 0.3) is 0 Å². The Bertz CT molecular complexity index is 183. The molecule has 2 heterocycles. The zero-order chi connectivity index (χ0) is 7.73. The van der Waals surface area contributed by atoms with Gasteiger partial charge in [-0.05, 0) is 19.0 Å². The van der Waals surface area contributed by atoms with E-state index in [1.165, 1.54) is 0 Å². The van der Waals surface area contributed by atoms with Crippen LogP contribution in [0, 0.1) is 0 Å². The van der Waals surface area contributed by atoms with Crippen molar-refractivity contribution in [2.75, 3.05) is 19.7 Å². The lowest BCUT2D eigenvalue weighted by molar-refractivity contribution is 0.0359. The molecule has 0 aliphatic carbocycles. The highest BCUT2D eigenvalue weighted by Gasteiger charge is 2.37. The van der Waals surface area contributed by atoms with Crippen LogP contribution in [0.15, 0.2) is 11.8 Å². The van der Waals surface area contributed by atoms with Gasteiger partial charge in [0.25, 0.3) is 0 Å². The molecule has 1 atom stereocenters. The van der Waals surface area contributed by atoms with Crippen molar-refractivity contribution in [1.29, 1.82) is 0 Å². The average molecular weight is 155 g/mol. The van der Waals surface area contributed by atoms with Gasteiger partial charge in [-0.2, -0.15) is 0 Å². The molecule has 3 heteroatoms. The first kappa shape index (κ1) is 7.13.